The molecule has 0 aliphatic carbocycles. The summed E-state index contributed by atoms with van der Waals surface area (Å²) in [6, 6.07) is 20.1. The van der Waals surface area contributed by atoms with Crippen LogP contribution >= 0.6 is 0 Å². The number of nitrogens with zero attached hydrogens (tertiary/aromatic N) is 2. The quantitative estimate of drug-likeness (QED) is 0.649. The van der Waals surface area contributed by atoms with Gasteiger partial charge in [-0.15, -0.1) is 0 Å². The number of aromatic nitrogens is 2. The van der Waals surface area contributed by atoms with E-state index in [-0.39, 0.29) is 11.5 Å². The van der Waals surface area contributed by atoms with Gasteiger partial charge in [0.2, 0.25) is 5.91 Å². The molecule has 0 aliphatic rings. The van der Waals surface area contributed by atoms with Gasteiger partial charge in [0.25, 0.3) is 5.56 Å². The zero-order chi connectivity index (χ0) is 19.8. The van der Waals surface area contributed by atoms with E-state index < -0.39 is 0 Å². The van der Waals surface area contributed by atoms with E-state index in [4.69, 9.17) is 4.74 Å². The highest BCUT2D eigenvalue weighted by Crippen LogP contribution is 2.20. The number of ether oxygens (including phenoxy) is 1. The monoisotopic (exact) mass is 377 g/mol. The van der Waals surface area contributed by atoms with Crippen LogP contribution in [0.2, 0.25) is 0 Å². The van der Waals surface area contributed by atoms with Gasteiger partial charge in [0.15, 0.2) is 0 Å². The lowest BCUT2D eigenvalue weighted by Crippen LogP contribution is -2.23. The number of hydrogen-bond acceptors (Lipinski definition) is 4. The van der Waals surface area contributed by atoms with Gasteiger partial charge in [0.05, 0.1) is 12.3 Å². The molecular formula is C22H23N3O3. The van der Waals surface area contributed by atoms with E-state index in [1.165, 1.54) is 10.7 Å². The number of amides is 1. The minimum atomic E-state index is -0.182. The van der Waals surface area contributed by atoms with Crippen molar-refractivity contribution in [3.05, 3.63) is 77.1 Å². The number of hydrogen-bond donors (Lipinski definition) is 1. The fourth-order valence-electron chi connectivity index (χ4n) is 2.79. The molecule has 0 saturated carbocycles. The fraction of sp³-hybridized carbons (Fsp3) is 0.227. The summed E-state index contributed by atoms with van der Waals surface area (Å²) in [6.45, 7) is 2.93. The van der Waals surface area contributed by atoms with E-state index in [1.807, 2.05) is 61.5 Å². The number of carbonyl (C=O) groups excluding carboxylic acids is 1. The molecule has 3 aromatic rings. The number of aryl methyl sites for hydroxylation is 1. The van der Waals surface area contributed by atoms with Gasteiger partial charge >= 0.3 is 0 Å². The Labute approximate surface area is 163 Å². The van der Waals surface area contributed by atoms with Crippen LogP contribution in [0.3, 0.4) is 0 Å². The minimum absolute atomic E-state index is 0.0816. The van der Waals surface area contributed by atoms with E-state index in [2.05, 4.69) is 10.4 Å². The maximum absolute atomic E-state index is 12.1. The first-order chi connectivity index (χ1) is 13.7. The molecule has 2 aromatic carbocycles. The van der Waals surface area contributed by atoms with Gasteiger partial charge in [-0.2, -0.15) is 5.10 Å². The summed E-state index contributed by atoms with van der Waals surface area (Å²) in [4.78, 5) is 24.1. The summed E-state index contributed by atoms with van der Waals surface area (Å²) in [5, 5.41) is 7.27. The standard InChI is InChI=1S/C22H23N3O3/c1-2-28-19-12-10-17(11-13-19)20-14-15-22(27)25(24-20)16-6-9-21(26)23-18-7-4-3-5-8-18/h3-5,7-8,10-15H,2,6,9,16H2,1H3,(H,23,26). The van der Waals surface area contributed by atoms with Crippen molar-refractivity contribution < 1.29 is 9.53 Å². The van der Waals surface area contributed by atoms with E-state index in [1.54, 1.807) is 6.07 Å². The van der Waals surface area contributed by atoms with Crippen LogP contribution < -0.4 is 15.6 Å². The average molecular weight is 377 g/mol. The molecule has 0 spiro atoms. The first kappa shape index (κ1) is 19.4. The van der Waals surface area contributed by atoms with Crippen molar-refractivity contribution in [1.29, 1.82) is 0 Å². The Morgan fingerprint density at radius 3 is 2.50 bits per heavy atom. The lowest BCUT2D eigenvalue weighted by molar-refractivity contribution is -0.116. The highest BCUT2D eigenvalue weighted by Gasteiger charge is 2.06. The highest BCUT2D eigenvalue weighted by atomic mass is 16.5. The molecule has 28 heavy (non-hydrogen) atoms. The second kappa shape index (κ2) is 9.50. The number of anilines is 1. The molecule has 1 amide bonds. The first-order valence-corrected chi connectivity index (χ1v) is 9.32. The third-order valence-electron chi connectivity index (χ3n) is 4.16. The summed E-state index contributed by atoms with van der Waals surface area (Å²) in [6.07, 6.45) is 0.842. The predicted molar refractivity (Wildman–Crippen MR) is 109 cm³/mol. The first-order valence-electron chi connectivity index (χ1n) is 9.32. The van der Waals surface area contributed by atoms with Crippen LogP contribution in [0.4, 0.5) is 5.69 Å². The van der Waals surface area contributed by atoms with Gasteiger partial charge in [-0.05, 0) is 55.8 Å². The second-order valence-electron chi connectivity index (χ2n) is 6.26. The van der Waals surface area contributed by atoms with Gasteiger partial charge < -0.3 is 10.1 Å². The molecule has 0 bridgehead atoms. The normalized spacial score (nSPS) is 10.5. The number of carbonyl (C=O) groups is 1. The summed E-state index contributed by atoms with van der Waals surface area (Å²) in [5.74, 6) is 0.714. The Hall–Kier alpha value is -3.41. The molecule has 0 saturated heterocycles. The van der Waals surface area contributed by atoms with Crippen LogP contribution in [0.5, 0.6) is 5.75 Å². The summed E-state index contributed by atoms with van der Waals surface area (Å²) < 4.78 is 6.85. The Morgan fingerprint density at radius 1 is 1.04 bits per heavy atom. The minimum Gasteiger partial charge on any atom is -0.494 e. The Morgan fingerprint density at radius 2 is 1.79 bits per heavy atom. The van der Waals surface area contributed by atoms with E-state index in [0.717, 1.165) is 17.0 Å². The Bertz CT molecular complexity index is 966. The van der Waals surface area contributed by atoms with Gasteiger partial charge in [-0.1, -0.05) is 18.2 Å². The van der Waals surface area contributed by atoms with Crippen molar-refractivity contribution >= 4 is 11.6 Å². The summed E-state index contributed by atoms with van der Waals surface area (Å²) in [5.41, 5.74) is 2.19. The fourth-order valence-corrected chi connectivity index (χ4v) is 2.79. The highest BCUT2D eigenvalue weighted by molar-refractivity contribution is 5.90. The van der Waals surface area contributed by atoms with Gasteiger partial charge in [-0.3, -0.25) is 9.59 Å². The van der Waals surface area contributed by atoms with E-state index in [9.17, 15) is 9.59 Å². The molecule has 1 aromatic heterocycles. The SMILES string of the molecule is CCOc1ccc(-c2ccc(=O)n(CCCC(=O)Nc3ccccc3)n2)cc1. The molecule has 3 rings (SSSR count). The maximum atomic E-state index is 12.1. The largest absolute Gasteiger partial charge is 0.494 e. The summed E-state index contributed by atoms with van der Waals surface area (Å²) in [7, 11) is 0. The third-order valence-corrected chi connectivity index (χ3v) is 4.16. The molecule has 0 radical (unpaired) electrons. The molecule has 6 nitrogen and oxygen atoms in total. The Kier molecular flexibility index (Phi) is 6.57. The van der Waals surface area contributed by atoms with Gasteiger partial charge in [0.1, 0.15) is 5.75 Å². The molecule has 0 unspecified atom stereocenters. The number of para-hydroxylation sites is 1. The second-order valence-corrected chi connectivity index (χ2v) is 6.26. The van der Waals surface area contributed by atoms with Crippen molar-refractivity contribution in [3.8, 4) is 17.0 Å². The van der Waals surface area contributed by atoms with Crippen LogP contribution in [0.25, 0.3) is 11.3 Å². The van der Waals surface area contributed by atoms with E-state index in [0.29, 0.717) is 31.7 Å². The molecule has 144 valence electrons. The number of rotatable bonds is 8. The molecule has 0 aliphatic heterocycles. The molecule has 6 heteroatoms. The van der Waals surface area contributed by atoms with Gasteiger partial charge in [0, 0.05) is 30.3 Å². The smallest absolute Gasteiger partial charge is 0.266 e. The van der Waals surface area contributed by atoms with Crippen molar-refractivity contribution in [1.82, 2.24) is 9.78 Å². The maximum Gasteiger partial charge on any atom is 0.266 e. The Balaban J connectivity index is 1.60. The lowest BCUT2D eigenvalue weighted by atomic mass is 10.1. The topological polar surface area (TPSA) is 73.2 Å². The van der Waals surface area contributed by atoms with Crippen molar-refractivity contribution in [2.24, 2.45) is 0 Å². The van der Waals surface area contributed by atoms with Crippen molar-refractivity contribution in [3.63, 3.8) is 0 Å². The summed E-state index contributed by atoms with van der Waals surface area (Å²) >= 11 is 0. The number of benzene rings is 2. The van der Waals surface area contributed by atoms with Crippen LogP contribution in [-0.2, 0) is 11.3 Å². The molecule has 1 heterocycles. The predicted octanol–water partition coefficient (Wildman–Crippen LogP) is 3.73. The van der Waals surface area contributed by atoms with Crippen molar-refractivity contribution in [2.75, 3.05) is 11.9 Å². The molecule has 0 fully saturated rings. The van der Waals surface area contributed by atoms with Crippen LogP contribution in [0.1, 0.15) is 19.8 Å². The van der Waals surface area contributed by atoms with Gasteiger partial charge in [-0.25, -0.2) is 4.68 Å². The molecular weight excluding hydrogens is 354 g/mol. The molecule has 0 atom stereocenters. The molecule has 1 N–H and O–H groups in total. The van der Waals surface area contributed by atoms with Crippen LogP contribution in [0, 0.1) is 0 Å². The lowest BCUT2D eigenvalue weighted by Gasteiger charge is -2.09. The zero-order valence-corrected chi connectivity index (χ0v) is 15.8. The zero-order valence-electron chi connectivity index (χ0n) is 15.8. The number of nitrogens with one attached hydrogen (secondary N) is 1. The van der Waals surface area contributed by atoms with Crippen LogP contribution in [-0.4, -0.2) is 22.3 Å². The van der Waals surface area contributed by atoms with E-state index >= 15 is 0 Å². The van der Waals surface area contributed by atoms with Crippen molar-refractivity contribution in [2.45, 2.75) is 26.3 Å². The van der Waals surface area contributed by atoms with Crippen LogP contribution in [0.15, 0.2) is 71.5 Å². The third kappa shape index (κ3) is 5.30. The average Bonchev–Trinajstić information content (AvgIpc) is 2.71.